The second kappa shape index (κ2) is 12.2. The number of amides is 1. The number of carbonyl (C=O) groups is 1. The van der Waals surface area contributed by atoms with E-state index in [0.717, 1.165) is 68.0 Å². The maximum absolute atomic E-state index is 12.7. The molecule has 4 aromatic rings. The van der Waals surface area contributed by atoms with E-state index in [0.29, 0.717) is 22.1 Å². The van der Waals surface area contributed by atoms with E-state index >= 15 is 0 Å². The number of rotatable bonds is 9. The van der Waals surface area contributed by atoms with Crippen molar-refractivity contribution < 1.29 is 9.53 Å². The van der Waals surface area contributed by atoms with Crippen LogP contribution in [0.1, 0.15) is 21.6 Å². The van der Waals surface area contributed by atoms with Crippen molar-refractivity contribution in [2.45, 2.75) is 13.8 Å². The predicted molar refractivity (Wildman–Crippen MR) is 154 cm³/mol. The monoisotopic (exact) mass is 546 g/mol. The van der Waals surface area contributed by atoms with Gasteiger partial charge in [-0.15, -0.1) is 0 Å². The highest BCUT2D eigenvalue weighted by molar-refractivity contribution is 6.31. The molecule has 202 valence electrons. The number of benzene rings is 2. The third kappa shape index (κ3) is 6.91. The molecule has 1 aliphatic rings. The summed E-state index contributed by atoms with van der Waals surface area (Å²) in [5.74, 6) is 1.88. The molecule has 2 aromatic carbocycles. The van der Waals surface area contributed by atoms with E-state index in [9.17, 15) is 4.79 Å². The van der Waals surface area contributed by atoms with E-state index < -0.39 is 0 Å². The van der Waals surface area contributed by atoms with E-state index in [1.165, 1.54) is 6.33 Å². The van der Waals surface area contributed by atoms with Crippen molar-refractivity contribution in [2.24, 2.45) is 0 Å². The predicted octanol–water partition coefficient (Wildman–Crippen LogP) is 4.67. The molecule has 2 aromatic heterocycles. The number of nitrogens with zero attached hydrogens (tertiary/aromatic N) is 5. The summed E-state index contributed by atoms with van der Waals surface area (Å²) in [5, 5.41) is 14.9. The van der Waals surface area contributed by atoms with Gasteiger partial charge in [-0.3, -0.25) is 9.69 Å². The maximum atomic E-state index is 12.7. The third-order valence-electron chi connectivity index (χ3n) is 6.38. The number of ether oxygens (including phenoxy) is 1. The van der Waals surface area contributed by atoms with Crippen molar-refractivity contribution in [3.05, 3.63) is 82.8 Å². The average Bonchev–Trinajstić information content (AvgIpc) is 3.31. The zero-order chi connectivity index (χ0) is 27.2. The van der Waals surface area contributed by atoms with E-state index in [1.807, 2.05) is 44.2 Å². The van der Waals surface area contributed by atoms with Crippen molar-refractivity contribution in [3.8, 4) is 5.82 Å². The Morgan fingerprint density at radius 3 is 2.72 bits per heavy atom. The van der Waals surface area contributed by atoms with E-state index in [-0.39, 0.29) is 5.91 Å². The Labute approximate surface area is 232 Å². The Morgan fingerprint density at radius 2 is 1.90 bits per heavy atom. The maximum Gasteiger partial charge on any atom is 0.255 e. The standard InChI is InChI=1S/C28H31ClN8O2/c1-19-6-7-23(33-28(38)21-4-3-5-22(29)15-21)16-24(19)34-27-14-20(2)35-37(27)26-17-25(31-18-32-26)30-8-9-36-10-12-39-13-11-36/h3-7,14-18,34H,8-13H2,1-2H3,(H,33,38)(H,30,31,32). The summed E-state index contributed by atoms with van der Waals surface area (Å²) in [6.45, 7) is 9.07. The molecule has 0 radical (unpaired) electrons. The minimum absolute atomic E-state index is 0.233. The van der Waals surface area contributed by atoms with Crippen molar-refractivity contribution >= 4 is 40.5 Å². The van der Waals surface area contributed by atoms with E-state index in [2.05, 4.69) is 35.9 Å². The van der Waals surface area contributed by atoms with Crippen molar-refractivity contribution in [1.29, 1.82) is 0 Å². The lowest BCUT2D eigenvalue weighted by Gasteiger charge is -2.26. The summed E-state index contributed by atoms with van der Waals surface area (Å²) in [4.78, 5) is 23.9. The van der Waals surface area contributed by atoms with Gasteiger partial charge in [0.2, 0.25) is 0 Å². The number of nitrogens with one attached hydrogen (secondary N) is 3. The van der Waals surface area contributed by atoms with Gasteiger partial charge in [0.05, 0.1) is 18.9 Å². The quantitative estimate of drug-likeness (QED) is 0.278. The lowest BCUT2D eigenvalue weighted by molar-refractivity contribution is 0.0398. The molecule has 0 aliphatic carbocycles. The number of hydrogen-bond acceptors (Lipinski definition) is 8. The fourth-order valence-corrected chi connectivity index (χ4v) is 4.49. The van der Waals surface area contributed by atoms with Crippen LogP contribution >= 0.6 is 11.6 Å². The second-order valence-corrected chi connectivity index (χ2v) is 9.78. The molecule has 0 bridgehead atoms. The molecular formula is C28H31ClN8O2. The van der Waals surface area contributed by atoms with Crippen LogP contribution in [0.4, 0.5) is 23.0 Å². The van der Waals surface area contributed by atoms with Crippen molar-refractivity contribution in [3.63, 3.8) is 0 Å². The fourth-order valence-electron chi connectivity index (χ4n) is 4.29. The number of morpholine rings is 1. The first-order valence-corrected chi connectivity index (χ1v) is 13.2. The largest absolute Gasteiger partial charge is 0.379 e. The van der Waals surface area contributed by atoms with Gasteiger partial charge < -0.3 is 20.7 Å². The zero-order valence-corrected chi connectivity index (χ0v) is 22.7. The lowest BCUT2D eigenvalue weighted by Crippen LogP contribution is -2.39. The molecule has 0 unspecified atom stereocenters. The molecule has 0 spiro atoms. The van der Waals surface area contributed by atoms with Gasteiger partial charge in [0.25, 0.3) is 5.91 Å². The Kier molecular flexibility index (Phi) is 8.36. The zero-order valence-electron chi connectivity index (χ0n) is 21.9. The molecule has 39 heavy (non-hydrogen) atoms. The van der Waals surface area contributed by atoms with Gasteiger partial charge in [-0.2, -0.15) is 9.78 Å². The summed E-state index contributed by atoms with van der Waals surface area (Å²) < 4.78 is 7.17. The number of hydrogen-bond donors (Lipinski definition) is 3. The second-order valence-electron chi connectivity index (χ2n) is 9.34. The highest BCUT2D eigenvalue weighted by Gasteiger charge is 2.14. The van der Waals surface area contributed by atoms with Gasteiger partial charge in [-0.25, -0.2) is 9.97 Å². The molecule has 10 nitrogen and oxygen atoms in total. The van der Waals surface area contributed by atoms with E-state index in [4.69, 9.17) is 16.3 Å². The van der Waals surface area contributed by atoms with E-state index in [1.54, 1.807) is 28.9 Å². The van der Waals surface area contributed by atoms with Crippen LogP contribution in [0.2, 0.25) is 5.02 Å². The Bertz CT molecular complexity index is 1450. The van der Waals surface area contributed by atoms with Crippen LogP contribution in [-0.4, -0.2) is 69.9 Å². The van der Waals surface area contributed by atoms with Gasteiger partial charge >= 0.3 is 0 Å². The summed E-state index contributed by atoms with van der Waals surface area (Å²) in [7, 11) is 0. The van der Waals surface area contributed by atoms with Gasteiger partial charge in [0.1, 0.15) is 18.0 Å². The van der Waals surface area contributed by atoms with Crippen molar-refractivity contribution in [1.82, 2.24) is 24.6 Å². The highest BCUT2D eigenvalue weighted by atomic mass is 35.5. The van der Waals surface area contributed by atoms with Crippen LogP contribution in [0.5, 0.6) is 0 Å². The van der Waals surface area contributed by atoms with Crippen LogP contribution in [-0.2, 0) is 4.74 Å². The van der Waals surface area contributed by atoms with Gasteiger partial charge in [-0.1, -0.05) is 23.7 Å². The number of aryl methyl sites for hydroxylation is 2. The third-order valence-corrected chi connectivity index (χ3v) is 6.62. The first-order valence-electron chi connectivity index (χ1n) is 12.8. The molecule has 3 heterocycles. The SMILES string of the molecule is Cc1cc(Nc2cc(NC(=O)c3cccc(Cl)c3)ccc2C)n(-c2cc(NCCN3CCOCC3)ncn2)n1. The van der Waals surface area contributed by atoms with Crippen LogP contribution in [0, 0.1) is 13.8 Å². The molecular weight excluding hydrogens is 516 g/mol. The Hall–Kier alpha value is -3.99. The lowest BCUT2D eigenvalue weighted by atomic mass is 10.1. The first-order chi connectivity index (χ1) is 18.9. The topological polar surface area (TPSA) is 109 Å². The minimum Gasteiger partial charge on any atom is -0.379 e. The molecule has 11 heteroatoms. The summed E-state index contributed by atoms with van der Waals surface area (Å²) in [5.41, 5.74) is 3.82. The molecule has 1 aliphatic heterocycles. The summed E-state index contributed by atoms with van der Waals surface area (Å²) in [6, 6.07) is 16.4. The number of carbonyl (C=O) groups excluding carboxylic acids is 1. The van der Waals surface area contributed by atoms with Gasteiger partial charge in [0, 0.05) is 60.3 Å². The highest BCUT2D eigenvalue weighted by Crippen LogP contribution is 2.27. The molecule has 1 fully saturated rings. The smallest absolute Gasteiger partial charge is 0.255 e. The average molecular weight is 547 g/mol. The van der Waals surface area contributed by atoms with Gasteiger partial charge in [-0.05, 0) is 49.7 Å². The van der Waals surface area contributed by atoms with Crippen LogP contribution in [0.3, 0.4) is 0 Å². The summed E-state index contributed by atoms with van der Waals surface area (Å²) >= 11 is 6.05. The van der Waals surface area contributed by atoms with Crippen molar-refractivity contribution in [2.75, 3.05) is 55.3 Å². The molecule has 3 N–H and O–H groups in total. The number of aromatic nitrogens is 4. The molecule has 0 atom stereocenters. The van der Waals surface area contributed by atoms with Crippen LogP contribution in [0.25, 0.3) is 5.82 Å². The fraction of sp³-hybridized carbons (Fsp3) is 0.286. The minimum atomic E-state index is -0.233. The Morgan fingerprint density at radius 1 is 1.05 bits per heavy atom. The first kappa shape index (κ1) is 26.6. The van der Waals surface area contributed by atoms with Gasteiger partial charge in [0.15, 0.2) is 5.82 Å². The number of halogens is 1. The van der Waals surface area contributed by atoms with Crippen LogP contribution < -0.4 is 16.0 Å². The molecule has 5 rings (SSSR count). The molecule has 1 saturated heterocycles. The molecule has 1 amide bonds. The number of anilines is 4. The normalized spacial score (nSPS) is 13.7. The van der Waals surface area contributed by atoms with Crippen LogP contribution in [0.15, 0.2) is 60.9 Å². The molecule has 0 saturated carbocycles. The summed E-state index contributed by atoms with van der Waals surface area (Å²) in [6.07, 6.45) is 1.53. The Balaban J connectivity index is 1.30.